The van der Waals surface area contributed by atoms with Crippen molar-refractivity contribution in [1.29, 1.82) is 0 Å². The van der Waals surface area contributed by atoms with Crippen LogP contribution in [-0.2, 0) is 11.3 Å². The van der Waals surface area contributed by atoms with Gasteiger partial charge in [0.2, 0.25) is 5.91 Å². The van der Waals surface area contributed by atoms with Gasteiger partial charge in [-0.1, -0.05) is 12.1 Å². The number of carbonyl (C=O) groups is 1. The van der Waals surface area contributed by atoms with Crippen molar-refractivity contribution in [1.82, 2.24) is 10.2 Å². The van der Waals surface area contributed by atoms with E-state index in [1.807, 2.05) is 36.2 Å². The number of hydrogen-bond acceptors (Lipinski definition) is 3. The molecule has 0 saturated carbocycles. The molecule has 1 N–H and O–H groups in total. The highest BCUT2D eigenvalue weighted by Crippen LogP contribution is 2.33. The molecule has 2 atom stereocenters. The highest BCUT2D eigenvalue weighted by molar-refractivity contribution is 5.76. The zero-order valence-electron chi connectivity index (χ0n) is 13.5. The Hall–Kier alpha value is -1.55. The third kappa shape index (κ3) is 3.61. The lowest BCUT2D eigenvalue weighted by Crippen LogP contribution is -2.39. The lowest BCUT2D eigenvalue weighted by atomic mass is 9.89. The third-order valence-corrected chi connectivity index (χ3v) is 5.04. The molecule has 0 aromatic heterocycles. The van der Waals surface area contributed by atoms with E-state index in [0.29, 0.717) is 31.0 Å². The number of rotatable bonds is 5. The fourth-order valence-electron chi connectivity index (χ4n) is 3.84. The Morgan fingerprint density at radius 2 is 1.86 bits per heavy atom. The molecule has 0 spiro atoms. The molecule has 3 rings (SSSR count). The molecule has 1 aromatic rings. The van der Waals surface area contributed by atoms with Crippen LogP contribution in [0.25, 0.3) is 0 Å². The normalized spacial score (nSPS) is 26.7. The van der Waals surface area contributed by atoms with Gasteiger partial charge < -0.3 is 15.0 Å². The molecule has 1 amide bonds. The second kappa shape index (κ2) is 6.69. The van der Waals surface area contributed by atoms with Gasteiger partial charge in [0.1, 0.15) is 5.75 Å². The van der Waals surface area contributed by atoms with Crippen LogP contribution in [0.3, 0.4) is 0 Å². The molecule has 2 aliphatic heterocycles. The van der Waals surface area contributed by atoms with Crippen molar-refractivity contribution >= 4 is 5.91 Å². The molecule has 2 aliphatic rings. The van der Waals surface area contributed by atoms with Crippen LogP contribution in [0.1, 0.15) is 37.7 Å². The molecule has 0 aliphatic carbocycles. The summed E-state index contributed by atoms with van der Waals surface area (Å²) in [7, 11) is 3.57. The largest absolute Gasteiger partial charge is 0.497 e. The van der Waals surface area contributed by atoms with Crippen molar-refractivity contribution in [2.24, 2.45) is 5.92 Å². The monoisotopic (exact) mass is 302 g/mol. The topological polar surface area (TPSA) is 41.6 Å². The van der Waals surface area contributed by atoms with Gasteiger partial charge in [0.15, 0.2) is 0 Å². The highest BCUT2D eigenvalue weighted by atomic mass is 16.5. The molecular formula is C18H26N2O2. The van der Waals surface area contributed by atoms with E-state index >= 15 is 0 Å². The summed E-state index contributed by atoms with van der Waals surface area (Å²) >= 11 is 0. The SMILES string of the molecule is COc1ccc(CN(C)C(=O)CC2CC3CCC(C2)N3)cc1. The summed E-state index contributed by atoms with van der Waals surface area (Å²) in [4.78, 5) is 14.3. The Balaban J connectivity index is 1.50. The van der Waals surface area contributed by atoms with Gasteiger partial charge in [0.25, 0.3) is 0 Å². The number of nitrogens with zero attached hydrogens (tertiary/aromatic N) is 1. The Bertz CT molecular complexity index is 502. The fourth-order valence-corrected chi connectivity index (χ4v) is 3.84. The van der Waals surface area contributed by atoms with Crippen molar-refractivity contribution in [2.75, 3.05) is 14.2 Å². The first-order valence-electron chi connectivity index (χ1n) is 8.27. The molecule has 2 heterocycles. The van der Waals surface area contributed by atoms with E-state index < -0.39 is 0 Å². The summed E-state index contributed by atoms with van der Waals surface area (Å²) in [5.74, 6) is 1.68. The van der Waals surface area contributed by atoms with Gasteiger partial charge in [-0.15, -0.1) is 0 Å². The van der Waals surface area contributed by atoms with Gasteiger partial charge in [0, 0.05) is 32.1 Å². The smallest absolute Gasteiger partial charge is 0.222 e. The van der Waals surface area contributed by atoms with E-state index in [-0.39, 0.29) is 5.91 Å². The minimum absolute atomic E-state index is 0.266. The number of hydrogen-bond donors (Lipinski definition) is 1. The molecule has 2 saturated heterocycles. The van der Waals surface area contributed by atoms with Crippen LogP contribution in [0.2, 0.25) is 0 Å². The molecule has 2 fully saturated rings. The molecular weight excluding hydrogens is 276 g/mol. The van der Waals surface area contributed by atoms with E-state index in [2.05, 4.69) is 5.32 Å². The molecule has 2 bridgehead atoms. The van der Waals surface area contributed by atoms with Gasteiger partial charge >= 0.3 is 0 Å². The number of amides is 1. The van der Waals surface area contributed by atoms with Gasteiger partial charge in [0.05, 0.1) is 7.11 Å². The number of piperidine rings is 1. The standard InChI is InChI=1S/C18H26N2O2/c1-20(12-13-3-7-17(22-2)8-4-13)18(21)11-14-9-15-5-6-16(10-14)19-15/h3-4,7-8,14-16,19H,5-6,9-12H2,1-2H3. The van der Waals surface area contributed by atoms with Gasteiger partial charge in [-0.25, -0.2) is 0 Å². The van der Waals surface area contributed by atoms with Crippen molar-refractivity contribution in [3.63, 3.8) is 0 Å². The average Bonchev–Trinajstić information content (AvgIpc) is 2.86. The third-order valence-electron chi connectivity index (χ3n) is 5.04. The van der Waals surface area contributed by atoms with Crippen LogP contribution >= 0.6 is 0 Å². The summed E-state index contributed by atoms with van der Waals surface area (Å²) in [5, 5.41) is 3.64. The summed E-state index contributed by atoms with van der Waals surface area (Å²) < 4.78 is 5.16. The van der Waals surface area contributed by atoms with Crippen molar-refractivity contribution in [2.45, 2.75) is 50.7 Å². The minimum atomic E-state index is 0.266. The zero-order valence-corrected chi connectivity index (χ0v) is 13.5. The minimum Gasteiger partial charge on any atom is -0.497 e. The first-order valence-corrected chi connectivity index (χ1v) is 8.27. The second-order valence-corrected chi connectivity index (χ2v) is 6.78. The van der Waals surface area contributed by atoms with E-state index in [4.69, 9.17) is 4.74 Å². The van der Waals surface area contributed by atoms with Crippen LogP contribution in [0.15, 0.2) is 24.3 Å². The summed E-state index contributed by atoms with van der Waals surface area (Å²) in [6, 6.07) is 9.24. The predicted molar refractivity (Wildman–Crippen MR) is 86.8 cm³/mol. The van der Waals surface area contributed by atoms with Crippen LogP contribution in [0, 0.1) is 5.92 Å². The Morgan fingerprint density at radius 1 is 1.23 bits per heavy atom. The maximum atomic E-state index is 12.5. The van der Waals surface area contributed by atoms with E-state index in [9.17, 15) is 4.79 Å². The number of fused-ring (bicyclic) bond motifs is 2. The van der Waals surface area contributed by atoms with Crippen LogP contribution in [-0.4, -0.2) is 37.0 Å². The molecule has 0 radical (unpaired) electrons. The molecule has 4 heteroatoms. The molecule has 120 valence electrons. The van der Waals surface area contributed by atoms with Crippen LogP contribution in [0.4, 0.5) is 0 Å². The number of carbonyl (C=O) groups excluding carboxylic acids is 1. The van der Waals surface area contributed by atoms with Crippen molar-refractivity contribution < 1.29 is 9.53 Å². The molecule has 4 nitrogen and oxygen atoms in total. The van der Waals surface area contributed by atoms with Gasteiger partial charge in [-0.05, 0) is 49.3 Å². The Kier molecular flexibility index (Phi) is 4.67. The Morgan fingerprint density at radius 3 is 2.45 bits per heavy atom. The summed E-state index contributed by atoms with van der Waals surface area (Å²) in [6.07, 6.45) is 5.60. The Labute approximate surface area is 132 Å². The van der Waals surface area contributed by atoms with E-state index in [1.54, 1.807) is 7.11 Å². The van der Waals surface area contributed by atoms with Crippen LogP contribution in [0.5, 0.6) is 5.75 Å². The lowest BCUT2D eigenvalue weighted by molar-refractivity contribution is -0.131. The van der Waals surface area contributed by atoms with Crippen LogP contribution < -0.4 is 10.1 Å². The first kappa shape index (κ1) is 15.3. The maximum absolute atomic E-state index is 12.5. The first-order chi connectivity index (χ1) is 10.6. The van der Waals surface area contributed by atoms with Crippen molar-refractivity contribution in [3.05, 3.63) is 29.8 Å². The summed E-state index contributed by atoms with van der Waals surface area (Å²) in [5.41, 5.74) is 1.14. The molecule has 1 aromatic carbocycles. The molecule has 2 unspecified atom stereocenters. The second-order valence-electron chi connectivity index (χ2n) is 6.78. The summed E-state index contributed by atoms with van der Waals surface area (Å²) in [6.45, 7) is 0.667. The van der Waals surface area contributed by atoms with Gasteiger partial charge in [-0.2, -0.15) is 0 Å². The fraction of sp³-hybridized carbons (Fsp3) is 0.611. The number of benzene rings is 1. The average molecular weight is 302 g/mol. The zero-order chi connectivity index (χ0) is 15.5. The number of methoxy groups -OCH3 is 1. The van der Waals surface area contributed by atoms with Gasteiger partial charge in [-0.3, -0.25) is 4.79 Å². The predicted octanol–water partition coefficient (Wildman–Crippen LogP) is 2.57. The van der Waals surface area contributed by atoms with E-state index in [0.717, 1.165) is 11.3 Å². The lowest BCUT2D eigenvalue weighted by Gasteiger charge is -2.30. The van der Waals surface area contributed by atoms with E-state index in [1.165, 1.54) is 25.7 Å². The number of ether oxygens (including phenoxy) is 1. The highest BCUT2D eigenvalue weighted by Gasteiger charge is 2.34. The van der Waals surface area contributed by atoms with Crippen molar-refractivity contribution in [3.8, 4) is 5.75 Å². The quantitative estimate of drug-likeness (QED) is 0.909. The maximum Gasteiger partial charge on any atom is 0.222 e. The molecule has 22 heavy (non-hydrogen) atoms. The number of nitrogens with one attached hydrogen (secondary N) is 1.